The van der Waals surface area contributed by atoms with Crippen LogP contribution in [0.1, 0.15) is 10.4 Å². The van der Waals surface area contributed by atoms with Crippen LogP contribution < -0.4 is 5.32 Å². The largest absolute Gasteiger partial charge is 0.322 e. The average Bonchev–Trinajstić information content (AvgIpc) is 2.35. The molecule has 0 bridgehead atoms. The van der Waals surface area contributed by atoms with Crippen LogP contribution in [0.4, 0.5) is 10.1 Å². The first kappa shape index (κ1) is 13.1. The first-order valence-corrected chi connectivity index (χ1v) is 6.25. The van der Waals surface area contributed by atoms with E-state index in [9.17, 15) is 9.18 Å². The smallest absolute Gasteiger partial charge is 0.255 e. The van der Waals surface area contributed by atoms with Gasteiger partial charge in [-0.2, -0.15) is 0 Å². The molecule has 2 rings (SSSR count). The van der Waals surface area contributed by atoms with Gasteiger partial charge in [0.1, 0.15) is 5.82 Å². The monoisotopic (exact) mass is 327 g/mol. The van der Waals surface area contributed by atoms with Crippen LogP contribution >= 0.6 is 27.5 Å². The van der Waals surface area contributed by atoms with Gasteiger partial charge in [0.05, 0.1) is 5.02 Å². The summed E-state index contributed by atoms with van der Waals surface area (Å²) in [4.78, 5) is 11.9. The van der Waals surface area contributed by atoms with Crippen molar-refractivity contribution < 1.29 is 9.18 Å². The maximum absolute atomic E-state index is 13.0. The van der Waals surface area contributed by atoms with Crippen molar-refractivity contribution in [1.29, 1.82) is 0 Å². The SMILES string of the molecule is O=C(Nc1ccc(Br)cc1)c1ccc(F)c(Cl)c1. The van der Waals surface area contributed by atoms with Crippen LogP contribution in [0.25, 0.3) is 0 Å². The maximum atomic E-state index is 13.0. The van der Waals surface area contributed by atoms with Gasteiger partial charge in [0.25, 0.3) is 5.91 Å². The van der Waals surface area contributed by atoms with Crippen molar-refractivity contribution >= 4 is 39.1 Å². The van der Waals surface area contributed by atoms with Crippen molar-refractivity contribution in [3.05, 3.63) is 63.3 Å². The third-order valence-electron chi connectivity index (χ3n) is 2.28. The van der Waals surface area contributed by atoms with Gasteiger partial charge in [0, 0.05) is 15.7 Å². The van der Waals surface area contributed by atoms with Crippen LogP contribution in [-0.2, 0) is 0 Å². The second-order valence-electron chi connectivity index (χ2n) is 3.59. The number of hydrogen-bond acceptors (Lipinski definition) is 1. The lowest BCUT2D eigenvalue weighted by Gasteiger charge is -2.05. The molecule has 0 heterocycles. The molecule has 0 aliphatic carbocycles. The van der Waals surface area contributed by atoms with Crippen LogP contribution in [0.2, 0.25) is 5.02 Å². The van der Waals surface area contributed by atoms with Crippen LogP contribution in [0.5, 0.6) is 0 Å². The molecule has 0 aromatic heterocycles. The quantitative estimate of drug-likeness (QED) is 0.864. The molecule has 0 aliphatic heterocycles. The number of nitrogens with one attached hydrogen (secondary N) is 1. The lowest BCUT2D eigenvalue weighted by atomic mass is 10.2. The minimum atomic E-state index is -0.545. The summed E-state index contributed by atoms with van der Waals surface area (Å²) in [6.07, 6.45) is 0. The number of anilines is 1. The van der Waals surface area contributed by atoms with Gasteiger partial charge in [-0.25, -0.2) is 4.39 Å². The van der Waals surface area contributed by atoms with E-state index in [1.54, 1.807) is 12.1 Å². The summed E-state index contributed by atoms with van der Waals surface area (Å²) < 4.78 is 13.9. The molecule has 2 aromatic carbocycles. The Kier molecular flexibility index (Phi) is 3.99. The molecule has 0 atom stereocenters. The lowest BCUT2D eigenvalue weighted by Crippen LogP contribution is -2.11. The molecule has 1 amide bonds. The second-order valence-corrected chi connectivity index (χ2v) is 4.91. The van der Waals surface area contributed by atoms with Gasteiger partial charge in [-0.3, -0.25) is 4.79 Å². The average molecular weight is 329 g/mol. The minimum absolute atomic E-state index is 0.0709. The Labute approximate surface area is 117 Å². The van der Waals surface area contributed by atoms with Crippen LogP contribution in [0.15, 0.2) is 46.9 Å². The van der Waals surface area contributed by atoms with E-state index in [-0.39, 0.29) is 10.9 Å². The highest BCUT2D eigenvalue weighted by molar-refractivity contribution is 9.10. The van der Waals surface area contributed by atoms with E-state index in [1.807, 2.05) is 12.1 Å². The topological polar surface area (TPSA) is 29.1 Å². The van der Waals surface area contributed by atoms with Crippen LogP contribution in [-0.4, -0.2) is 5.91 Å². The molecule has 1 N–H and O–H groups in total. The highest BCUT2D eigenvalue weighted by atomic mass is 79.9. The number of amides is 1. The number of hydrogen-bond donors (Lipinski definition) is 1. The summed E-state index contributed by atoms with van der Waals surface area (Å²) in [6, 6.07) is 11.0. The van der Waals surface area contributed by atoms with Crippen LogP contribution in [0.3, 0.4) is 0 Å². The highest BCUT2D eigenvalue weighted by Gasteiger charge is 2.08. The fraction of sp³-hybridized carbons (Fsp3) is 0. The normalized spacial score (nSPS) is 10.2. The van der Waals surface area contributed by atoms with E-state index in [4.69, 9.17) is 11.6 Å². The number of carbonyl (C=O) groups excluding carboxylic acids is 1. The minimum Gasteiger partial charge on any atom is -0.322 e. The molecule has 2 aromatic rings. The lowest BCUT2D eigenvalue weighted by molar-refractivity contribution is 0.102. The first-order chi connectivity index (χ1) is 8.56. The van der Waals surface area contributed by atoms with Gasteiger partial charge in [0.15, 0.2) is 0 Å². The molecular weight excluding hydrogens is 321 g/mol. The Bertz CT molecular complexity index is 586. The van der Waals surface area contributed by atoms with Crippen molar-refractivity contribution in [2.75, 3.05) is 5.32 Å². The number of halogens is 3. The molecule has 92 valence electrons. The predicted molar refractivity (Wildman–Crippen MR) is 73.5 cm³/mol. The van der Waals surface area contributed by atoms with Gasteiger partial charge < -0.3 is 5.32 Å². The zero-order valence-corrected chi connectivity index (χ0v) is 11.4. The number of carbonyl (C=O) groups is 1. The molecule has 0 saturated carbocycles. The summed E-state index contributed by atoms with van der Waals surface area (Å²) in [5.41, 5.74) is 0.966. The van der Waals surface area contributed by atoms with E-state index in [0.717, 1.165) is 4.47 Å². The summed E-state index contributed by atoms with van der Waals surface area (Å²) in [5.74, 6) is -0.879. The second kappa shape index (κ2) is 5.50. The fourth-order valence-electron chi connectivity index (χ4n) is 1.37. The number of benzene rings is 2. The van der Waals surface area contributed by atoms with E-state index in [1.165, 1.54) is 18.2 Å². The summed E-state index contributed by atoms with van der Waals surface area (Å²) in [6.45, 7) is 0. The summed E-state index contributed by atoms with van der Waals surface area (Å²) in [5, 5.41) is 2.62. The van der Waals surface area contributed by atoms with E-state index in [0.29, 0.717) is 11.3 Å². The Morgan fingerprint density at radius 1 is 1.17 bits per heavy atom. The molecule has 2 nitrogen and oxygen atoms in total. The third kappa shape index (κ3) is 3.09. The molecule has 0 unspecified atom stereocenters. The van der Waals surface area contributed by atoms with Gasteiger partial charge >= 0.3 is 0 Å². The van der Waals surface area contributed by atoms with Crippen molar-refractivity contribution in [2.24, 2.45) is 0 Å². The molecular formula is C13H8BrClFNO. The van der Waals surface area contributed by atoms with Gasteiger partial charge in [-0.05, 0) is 42.5 Å². The fourth-order valence-corrected chi connectivity index (χ4v) is 1.82. The van der Waals surface area contributed by atoms with Crippen molar-refractivity contribution in [2.45, 2.75) is 0 Å². The summed E-state index contributed by atoms with van der Waals surface area (Å²) >= 11 is 8.92. The zero-order chi connectivity index (χ0) is 13.1. The molecule has 5 heteroatoms. The Hall–Kier alpha value is -1.39. The van der Waals surface area contributed by atoms with Gasteiger partial charge in [0.2, 0.25) is 0 Å². The van der Waals surface area contributed by atoms with E-state index >= 15 is 0 Å². The maximum Gasteiger partial charge on any atom is 0.255 e. The van der Waals surface area contributed by atoms with Crippen molar-refractivity contribution in [1.82, 2.24) is 0 Å². The number of rotatable bonds is 2. The predicted octanol–water partition coefficient (Wildman–Crippen LogP) is 4.49. The standard InChI is InChI=1S/C13H8BrClFNO/c14-9-2-4-10(5-3-9)17-13(18)8-1-6-12(16)11(15)7-8/h1-7H,(H,17,18). The molecule has 0 radical (unpaired) electrons. The van der Waals surface area contributed by atoms with Crippen molar-refractivity contribution in [3.63, 3.8) is 0 Å². The van der Waals surface area contributed by atoms with Crippen LogP contribution in [0, 0.1) is 5.82 Å². The van der Waals surface area contributed by atoms with Gasteiger partial charge in [-0.15, -0.1) is 0 Å². The molecule has 0 aliphatic rings. The highest BCUT2D eigenvalue weighted by Crippen LogP contribution is 2.18. The van der Waals surface area contributed by atoms with Gasteiger partial charge in [-0.1, -0.05) is 27.5 Å². The Morgan fingerprint density at radius 3 is 2.44 bits per heavy atom. The molecule has 18 heavy (non-hydrogen) atoms. The Morgan fingerprint density at radius 2 is 1.83 bits per heavy atom. The van der Waals surface area contributed by atoms with E-state index < -0.39 is 5.82 Å². The first-order valence-electron chi connectivity index (χ1n) is 5.08. The molecule has 0 spiro atoms. The molecule has 0 saturated heterocycles. The zero-order valence-electron chi connectivity index (χ0n) is 9.08. The van der Waals surface area contributed by atoms with E-state index in [2.05, 4.69) is 21.2 Å². The third-order valence-corrected chi connectivity index (χ3v) is 3.10. The summed E-state index contributed by atoms with van der Waals surface area (Å²) in [7, 11) is 0. The Balaban J connectivity index is 2.16. The van der Waals surface area contributed by atoms with Crippen molar-refractivity contribution in [3.8, 4) is 0 Å². The molecule has 0 fully saturated rings.